The van der Waals surface area contributed by atoms with Gasteiger partial charge in [-0.3, -0.25) is 4.79 Å². The number of hydrogen-bond acceptors (Lipinski definition) is 7. The van der Waals surface area contributed by atoms with Gasteiger partial charge in [0.25, 0.3) is 17.3 Å². The fraction of sp³-hybridized carbons (Fsp3) is 0.375. The van der Waals surface area contributed by atoms with Gasteiger partial charge < -0.3 is 19.0 Å². The summed E-state index contributed by atoms with van der Waals surface area (Å²) in [5, 5.41) is 12.4. The number of carbonyl (C=O) groups is 1. The molecular weight excluding hydrogens is 491 g/mol. The van der Waals surface area contributed by atoms with Gasteiger partial charge in [0.05, 0.1) is 22.5 Å². The molecule has 1 fully saturated rings. The van der Waals surface area contributed by atoms with E-state index in [9.17, 15) is 14.0 Å². The molecule has 0 atom stereocenters. The number of nitrogens with one attached hydrogen (secondary N) is 1. The van der Waals surface area contributed by atoms with E-state index in [0.717, 1.165) is 0 Å². The Labute approximate surface area is 210 Å². The number of hydrogen-bond donors (Lipinski definition) is 1. The summed E-state index contributed by atoms with van der Waals surface area (Å²) < 4.78 is 27.2. The van der Waals surface area contributed by atoms with Gasteiger partial charge in [0.15, 0.2) is 5.82 Å². The molecule has 5 rings (SSSR count). The van der Waals surface area contributed by atoms with Gasteiger partial charge in [0.1, 0.15) is 16.8 Å². The molecule has 4 aromatic rings. The van der Waals surface area contributed by atoms with Crippen LogP contribution in [-0.2, 0) is 4.74 Å². The third kappa shape index (κ3) is 4.58. The summed E-state index contributed by atoms with van der Waals surface area (Å²) in [6.07, 6.45) is 2.45. The van der Waals surface area contributed by atoms with Crippen LogP contribution in [0.15, 0.2) is 39.7 Å². The topological polar surface area (TPSA) is 119 Å². The maximum atomic E-state index is 14.4. The maximum Gasteiger partial charge on any atom is 0.410 e. The molecule has 0 bridgehead atoms. The molecule has 3 aromatic heterocycles. The molecule has 1 N–H and O–H groups in total. The number of rotatable bonds is 3. The lowest BCUT2D eigenvalue weighted by Gasteiger charge is -2.33. The zero-order valence-electron chi connectivity index (χ0n) is 19.9. The summed E-state index contributed by atoms with van der Waals surface area (Å²) in [6.45, 7) is 6.49. The lowest BCUT2D eigenvalue weighted by molar-refractivity contribution is 0.0203. The van der Waals surface area contributed by atoms with Crippen molar-refractivity contribution in [2.45, 2.75) is 45.1 Å². The minimum atomic E-state index is -0.664. The highest BCUT2D eigenvalue weighted by atomic mass is 35.5. The molecule has 1 aromatic carbocycles. The fourth-order valence-electron chi connectivity index (χ4n) is 4.25. The number of likely N-dealkylation sites (tertiary alicyclic amines) is 1. The Bertz CT molecular complexity index is 1500. The number of H-pyrrole nitrogens is 1. The van der Waals surface area contributed by atoms with Crippen LogP contribution in [0.1, 0.15) is 45.2 Å². The van der Waals surface area contributed by atoms with Crippen molar-refractivity contribution < 1.29 is 18.3 Å². The van der Waals surface area contributed by atoms with Crippen LogP contribution >= 0.6 is 11.6 Å². The summed E-state index contributed by atoms with van der Waals surface area (Å²) in [5.41, 5.74) is 0.698. The summed E-state index contributed by atoms with van der Waals surface area (Å²) in [7, 11) is 0. The van der Waals surface area contributed by atoms with E-state index in [2.05, 4.69) is 20.3 Å². The van der Waals surface area contributed by atoms with Crippen molar-refractivity contribution >= 4 is 23.3 Å². The monoisotopic (exact) mass is 514 g/mol. The quantitative estimate of drug-likeness (QED) is 0.422. The normalized spacial score (nSPS) is 15.0. The number of benzene rings is 1. The second-order valence-electron chi connectivity index (χ2n) is 9.63. The third-order valence-electron chi connectivity index (χ3n) is 5.94. The Morgan fingerprint density at radius 1 is 1.19 bits per heavy atom. The second kappa shape index (κ2) is 9.05. The van der Waals surface area contributed by atoms with Gasteiger partial charge in [-0.15, -0.1) is 10.2 Å². The SMILES string of the molecule is CC(C)(C)OC(=O)N1CCC(c2cc(=O)[nH]c3c(-c4nnc(-c5cccc(Cl)c5F)o4)cnn23)CC1. The third-order valence-corrected chi connectivity index (χ3v) is 6.23. The Balaban J connectivity index is 1.42. The van der Waals surface area contributed by atoms with Crippen LogP contribution in [0.4, 0.5) is 9.18 Å². The van der Waals surface area contributed by atoms with E-state index in [1.54, 1.807) is 15.5 Å². The minimum absolute atomic E-state index is 0.0000365. The zero-order valence-corrected chi connectivity index (χ0v) is 20.7. The van der Waals surface area contributed by atoms with Crippen molar-refractivity contribution in [3.8, 4) is 22.9 Å². The van der Waals surface area contributed by atoms with E-state index >= 15 is 0 Å². The number of halogens is 2. The first kappa shape index (κ1) is 24.0. The van der Waals surface area contributed by atoms with Crippen molar-refractivity contribution in [2.24, 2.45) is 0 Å². The number of fused-ring (bicyclic) bond motifs is 1. The maximum absolute atomic E-state index is 14.4. The molecule has 0 radical (unpaired) electrons. The van der Waals surface area contributed by atoms with E-state index in [1.165, 1.54) is 24.4 Å². The van der Waals surface area contributed by atoms with Gasteiger partial charge in [0.2, 0.25) is 0 Å². The van der Waals surface area contributed by atoms with Crippen molar-refractivity contribution in [3.05, 3.63) is 57.3 Å². The largest absolute Gasteiger partial charge is 0.444 e. The highest BCUT2D eigenvalue weighted by Gasteiger charge is 2.29. The van der Waals surface area contributed by atoms with Gasteiger partial charge in [-0.05, 0) is 45.7 Å². The summed E-state index contributed by atoms with van der Waals surface area (Å²) in [5.74, 6) is -0.632. The first-order valence-electron chi connectivity index (χ1n) is 11.5. The van der Waals surface area contributed by atoms with E-state index < -0.39 is 11.4 Å². The average molecular weight is 515 g/mol. The van der Waals surface area contributed by atoms with E-state index in [4.69, 9.17) is 20.8 Å². The van der Waals surface area contributed by atoms with Gasteiger partial charge in [0, 0.05) is 25.1 Å². The molecule has 1 aliphatic heterocycles. The molecule has 188 valence electrons. The van der Waals surface area contributed by atoms with Crippen LogP contribution in [0.5, 0.6) is 0 Å². The van der Waals surface area contributed by atoms with E-state index in [-0.39, 0.29) is 39.9 Å². The van der Waals surface area contributed by atoms with Crippen molar-refractivity contribution in [1.82, 2.24) is 29.7 Å². The minimum Gasteiger partial charge on any atom is -0.444 e. The molecule has 1 saturated heterocycles. The second-order valence-corrected chi connectivity index (χ2v) is 10.0. The molecule has 12 heteroatoms. The fourth-order valence-corrected chi connectivity index (χ4v) is 4.43. The van der Waals surface area contributed by atoms with E-state index in [0.29, 0.717) is 42.8 Å². The Kier molecular flexibility index (Phi) is 6.03. The summed E-state index contributed by atoms with van der Waals surface area (Å²) >= 11 is 5.86. The number of ether oxygens (including phenoxy) is 1. The van der Waals surface area contributed by atoms with E-state index in [1.807, 2.05) is 20.8 Å². The van der Waals surface area contributed by atoms with Crippen LogP contribution in [0.2, 0.25) is 5.02 Å². The molecule has 1 amide bonds. The van der Waals surface area contributed by atoms with Crippen LogP contribution in [0, 0.1) is 5.82 Å². The van der Waals surface area contributed by atoms with Gasteiger partial charge >= 0.3 is 6.09 Å². The van der Waals surface area contributed by atoms with Crippen molar-refractivity contribution in [3.63, 3.8) is 0 Å². The summed E-state index contributed by atoms with van der Waals surface area (Å²) in [4.78, 5) is 29.4. The molecule has 4 heterocycles. The molecule has 1 aliphatic rings. The number of carbonyl (C=O) groups excluding carboxylic acids is 1. The number of amides is 1. The predicted octanol–water partition coefficient (Wildman–Crippen LogP) is 4.65. The average Bonchev–Trinajstić information content (AvgIpc) is 3.46. The van der Waals surface area contributed by atoms with Gasteiger partial charge in [-0.1, -0.05) is 17.7 Å². The first-order valence-corrected chi connectivity index (χ1v) is 11.9. The number of nitrogens with zero attached hydrogens (tertiary/aromatic N) is 5. The Morgan fingerprint density at radius 3 is 2.58 bits per heavy atom. The Hall–Kier alpha value is -3.73. The molecule has 10 nitrogen and oxygen atoms in total. The highest BCUT2D eigenvalue weighted by Crippen LogP contribution is 2.32. The van der Waals surface area contributed by atoms with Crippen LogP contribution in [0.25, 0.3) is 28.6 Å². The van der Waals surface area contributed by atoms with Gasteiger partial charge in [-0.2, -0.15) is 5.10 Å². The smallest absolute Gasteiger partial charge is 0.410 e. The zero-order chi connectivity index (χ0) is 25.6. The van der Waals surface area contributed by atoms with Crippen molar-refractivity contribution in [2.75, 3.05) is 13.1 Å². The molecular formula is C24H24ClFN6O4. The molecule has 0 spiro atoms. The van der Waals surface area contributed by atoms with Crippen LogP contribution < -0.4 is 5.56 Å². The first-order chi connectivity index (χ1) is 17.1. The molecule has 0 unspecified atom stereocenters. The van der Waals surface area contributed by atoms with Gasteiger partial charge in [-0.25, -0.2) is 13.7 Å². The van der Waals surface area contributed by atoms with Crippen LogP contribution in [0.3, 0.4) is 0 Å². The highest BCUT2D eigenvalue weighted by molar-refractivity contribution is 6.31. The molecule has 0 saturated carbocycles. The predicted molar refractivity (Wildman–Crippen MR) is 129 cm³/mol. The van der Waals surface area contributed by atoms with Crippen LogP contribution in [-0.4, -0.2) is 54.5 Å². The lowest BCUT2D eigenvalue weighted by Crippen LogP contribution is -2.41. The van der Waals surface area contributed by atoms with Crippen molar-refractivity contribution in [1.29, 1.82) is 0 Å². The molecule has 36 heavy (non-hydrogen) atoms. The lowest BCUT2D eigenvalue weighted by atomic mass is 9.93. The number of aromatic amines is 1. The summed E-state index contributed by atoms with van der Waals surface area (Å²) in [6, 6.07) is 6.00. The number of piperidine rings is 1. The molecule has 0 aliphatic carbocycles. The number of aromatic nitrogens is 5. The Morgan fingerprint density at radius 2 is 1.89 bits per heavy atom. The standard InChI is InChI=1S/C24H24ClFN6O4/c1-24(2,3)36-23(34)31-9-7-13(8-10-31)17-11-18(33)28-20-15(12-27-32(17)20)22-30-29-21(35-22)14-5-4-6-16(25)19(14)26/h4-6,11-13H,7-10H2,1-3H3,(H,28,33).